The molecule has 2 N–H and O–H groups in total. The molecule has 1 saturated heterocycles. The molecule has 0 bridgehead atoms. The van der Waals surface area contributed by atoms with Crippen LogP contribution in [0.15, 0.2) is 85.2 Å². The van der Waals surface area contributed by atoms with Crippen LogP contribution in [0.1, 0.15) is 36.0 Å². The summed E-state index contributed by atoms with van der Waals surface area (Å²) >= 11 is 5.89. The van der Waals surface area contributed by atoms with Crippen molar-refractivity contribution in [2.75, 3.05) is 17.3 Å². The fourth-order valence-electron chi connectivity index (χ4n) is 4.75. The highest BCUT2D eigenvalue weighted by Crippen LogP contribution is 2.44. The number of rotatable bonds is 6. The Morgan fingerprint density at radius 2 is 1.89 bits per heavy atom. The van der Waals surface area contributed by atoms with E-state index in [0.717, 1.165) is 22.8 Å². The predicted octanol–water partition coefficient (Wildman–Crippen LogP) is 5.32. The largest absolute Gasteiger partial charge is 0.495 e. The number of amides is 1. The zero-order valence-corrected chi connectivity index (χ0v) is 21.1. The number of methoxy groups -OCH3 is 1. The molecule has 2 atom stereocenters. The lowest BCUT2D eigenvalue weighted by atomic mass is 10.0. The van der Waals surface area contributed by atoms with Crippen molar-refractivity contribution in [1.29, 1.82) is 0 Å². The van der Waals surface area contributed by atoms with Crippen molar-refractivity contribution in [2.45, 2.75) is 25.9 Å². The molecule has 0 spiro atoms. The number of thiocarbonyl (C=S) groups is 1. The Morgan fingerprint density at radius 3 is 2.61 bits per heavy atom. The number of hydrogen-bond acceptors (Lipinski definition) is 4. The van der Waals surface area contributed by atoms with Gasteiger partial charge in [0.25, 0.3) is 0 Å². The number of carbonyl (C=O) groups excluding carboxylic acids is 1. The van der Waals surface area contributed by atoms with Crippen molar-refractivity contribution in [3.8, 4) is 11.4 Å². The second kappa shape index (κ2) is 9.83. The first-order valence-corrected chi connectivity index (χ1v) is 12.1. The van der Waals surface area contributed by atoms with Crippen molar-refractivity contribution >= 4 is 34.6 Å². The highest BCUT2D eigenvalue weighted by Gasteiger charge is 2.42. The van der Waals surface area contributed by atoms with Crippen LogP contribution in [0.3, 0.4) is 0 Å². The number of ether oxygens (including phenoxy) is 1. The van der Waals surface area contributed by atoms with Gasteiger partial charge in [-0.2, -0.15) is 0 Å². The molecule has 1 amide bonds. The Morgan fingerprint density at radius 1 is 1.08 bits per heavy atom. The molecule has 182 valence electrons. The van der Waals surface area contributed by atoms with Crippen LogP contribution in [-0.4, -0.2) is 27.7 Å². The molecular weight excluding hydrogens is 470 g/mol. The Balaban J connectivity index is 1.67. The van der Waals surface area contributed by atoms with Crippen molar-refractivity contribution in [1.82, 2.24) is 14.9 Å². The second-order valence-corrected chi connectivity index (χ2v) is 9.04. The van der Waals surface area contributed by atoms with Crippen LogP contribution < -0.4 is 20.3 Å². The topological polar surface area (TPSA) is 71.4 Å². The molecule has 0 radical (unpaired) electrons. The van der Waals surface area contributed by atoms with E-state index in [-0.39, 0.29) is 18.0 Å². The first-order valence-electron chi connectivity index (χ1n) is 11.7. The van der Waals surface area contributed by atoms with Crippen LogP contribution in [0.4, 0.5) is 11.4 Å². The highest BCUT2D eigenvalue weighted by atomic mass is 32.1. The zero-order chi connectivity index (χ0) is 25.2. The standard InChI is InChI=1S/C28H27N5O2S/c1-18-9-4-5-11-23(18)32-16-8-12-24(32)27-26(21-10-6-7-15-29-21)31-28(36)33(27)20-13-14-25(35-3)22(17-20)30-19(2)34/h4-17,26-27H,1-3H3,(H,30,34)(H,31,36). The van der Waals surface area contributed by atoms with Crippen LogP contribution in [0.25, 0.3) is 5.69 Å². The van der Waals surface area contributed by atoms with E-state index in [4.69, 9.17) is 17.0 Å². The molecule has 36 heavy (non-hydrogen) atoms. The van der Waals surface area contributed by atoms with Crippen molar-refractivity contribution in [3.63, 3.8) is 0 Å². The highest BCUT2D eigenvalue weighted by molar-refractivity contribution is 7.80. The summed E-state index contributed by atoms with van der Waals surface area (Å²) in [7, 11) is 1.58. The number of aromatic nitrogens is 2. The number of para-hydroxylation sites is 1. The molecular formula is C28H27N5O2S. The Hall–Kier alpha value is -4.17. The van der Waals surface area contributed by atoms with E-state index in [9.17, 15) is 4.79 Å². The Kier molecular flexibility index (Phi) is 6.43. The van der Waals surface area contributed by atoms with Gasteiger partial charge in [-0.3, -0.25) is 9.78 Å². The first kappa shape index (κ1) is 23.6. The molecule has 0 aliphatic carbocycles. The number of hydrogen-bond donors (Lipinski definition) is 2. The Bertz CT molecular complexity index is 1420. The summed E-state index contributed by atoms with van der Waals surface area (Å²) < 4.78 is 7.68. The third-order valence-corrected chi connectivity index (χ3v) is 6.64. The molecule has 5 rings (SSSR count). The summed E-state index contributed by atoms with van der Waals surface area (Å²) in [5, 5.41) is 6.95. The lowest BCUT2D eigenvalue weighted by Crippen LogP contribution is -2.30. The van der Waals surface area contributed by atoms with E-state index < -0.39 is 0 Å². The third kappa shape index (κ3) is 4.31. The molecule has 8 heteroatoms. The smallest absolute Gasteiger partial charge is 0.221 e. The van der Waals surface area contributed by atoms with Gasteiger partial charge in [0.05, 0.1) is 24.5 Å². The average molecular weight is 498 g/mol. The molecule has 1 aliphatic rings. The molecule has 4 aromatic rings. The normalized spacial score (nSPS) is 17.1. The maximum absolute atomic E-state index is 11.9. The summed E-state index contributed by atoms with van der Waals surface area (Å²) in [6.07, 6.45) is 3.87. The molecule has 2 aromatic carbocycles. The van der Waals surface area contributed by atoms with Crippen molar-refractivity contribution < 1.29 is 9.53 Å². The number of nitrogens with one attached hydrogen (secondary N) is 2. The van der Waals surface area contributed by atoms with Crippen LogP contribution >= 0.6 is 12.2 Å². The van der Waals surface area contributed by atoms with Gasteiger partial charge in [-0.15, -0.1) is 0 Å². The SMILES string of the molecule is COc1ccc(N2C(=S)NC(c3ccccn3)C2c2cccn2-c2ccccc2C)cc1NC(C)=O. The Labute approximate surface area is 215 Å². The summed E-state index contributed by atoms with van der Waals surface area (Å²) in [6, 6.07) is 23.6. The van der Waals surface area contributed by atoms with E-state index >= 15 is 0 Å². The van der Waals surface area contributed by atoms with Crippen LogP contribution in [0, 0.1) is 6.92 Å². The minimum atomic E-state index is -0.208. The lowest BCUT2D eigenvalue weighted by molar-refractivity contribution is -0.114. The van der Waals surface area contributed by atoms with E-state index in [0.29, 0.717) is 16.5 Å². The summed E-state index contributed by atoms with van der Waals surface area (Å²) in [4.78, 5) is 18.6. The summed E-state index contributed by atoms with van der Waals surface area (Å²) in [6.45, 7) is 3.58. The molecule has 0 saturated carbocycles. The van der Waals surface area contributed by atoms with Gasteiger partial charge < -0.3 is 24.8 Å². The lowest BCUT2D eigenvalue weighted by Gasteiger charge is -2.29. The van der Waals surface area contributed by atoms with Gasteiger partial charge in [-0.05, 0) is 73.2 Å². The molecule has 2 unspecified atom stereocenters. The summed E-state index contributed by atoms with van der Waals surface area (Å²) in [5.41, 5.74) is 5.63. The van der Waals surface area contributed by atoms with Gasteiger partial charge in [0.2, 0.25) is 5.91 Å². The maximum Gasteiger partial charge on any atom is 0.221 e. The van der Waals surface area contributed by atoms with Gasteiger partial charge in [-0.1, -0.05) is 24.3 Å². The average Bonchev–Trinajstić information content (AvgIpc) is 3.48. The second-order valence-electron chi connectivity index (χ2n) is 8.65. The van der Waals surface area contributed by atoms with E-state index in [1.807, 2.05) is 54.6 Å². The van der Waals surface area contributed by atoms with Gasteiger partial charge in [0.15, 0.2) is 5.11 Å². The number of benzene rings is 2. The fourth-order valence-corrected chi connectivity index (χ4v) is 5.10. The number of pyridine rings is 1. The minimum Gasteiger partial charge on any atom is -0.495 e. The summed E-state index contributed by atoms with van der Waals surface area (Å²) in [5.74, 6) is 0.400. The number of anilines is 2. The molecule has 1 aliphatic heterocycles. The number of aryl methyl sites for hydroxylation is 1. The monoisotopic (exact) mass is 497 g/mol. The molecule has 1 fully saturated rings. The first-order chi connectivity index (χ1) is 17.5. The van der Waals surface area contributed by atoms with E-state index in [1.165, 1.54) is 12.5 Å². The van der Waals surface area contributed by atoms with Crippen LogP contribution in [-0.2, 0) is 4.79 Å². The molecule has 7 nitrogen and oxygen atoms in total. The quantitative estimate of drug-likeness (QED) is 0.351. The predicted molar refractivity (Wildman–Crippen MR) is 146 cm³/mol. The maximum atomic E-state index is 11.9. The molecule has 3 heterocycles. The minimum absolute atomic E-state index is 0.177. The van der Waals surface area contributed by atoms with Crippen molar-refractivity contribution in [3.05, 3.63) is 102 Å². The number of carbonyl (C=O) groups is 1. The van der Waals surface area contributed by atoms with Gasteiger partial charge in [0, 0.05) is 36.4 Å². The van der Waals surface area contributed by atoms with E-state index in [2.05, 4.69) is 56.4 Å². The van der Waals surface area contributed by atoms with Crippen LogP contribution in [0.5, 0.6) is 5.75 Å². The fraction of sp³-hybridized carbons (Fsp3) is 0.179. The van der Waals surface area contributed by atoms with Gasteiger partial charge in [0.1, 0.15) is 11.8 Å². The van der Waals surface area contributed by atoms with Crippen LogP contribution in [0.2, 0.25) is 0 Å². The van der Waals surface area contributed by atoms with Crippen molar-refractivity contribution in [2.24, 2.45) is 0 Å². The third-order valence-electron chi connectivity index (χ3n) is 6.33. The van der Waals surface area contributed by atoms with Gasteiger partial charge in [-0.25, -0.2) is 0 Å². The number of nitrogens with zero attached hydrogens (tertiary/aromatic N) is 3. The molecule has 2 aromatic heterocycles. The van der Waals surface area contributed by atoms with E-state index in [1.54, 1.807) is 13.3 Å². The zero-order valence-electron chi connectivity index (χ0n) is 20.3. The van der Waals surface area contributed by atoms with Gasteiger partial charge >= 0.3 is 0 Å².